The van der Waals surface area contributed by atoms with Gasteiger partial charge in [0.25, 0.3) is 0 Å². The first-order valence-electron chi connectivity index (χ1n) is 6.13. The molecular formula is C13H21NO. The Morgan fingerprint density at radius 2 is 2.20 bits per heavy atom. The maximum Gasteiger partial charge on any atom is 0.223 e. The largest absolute Gasteiger partial charge is 0.356 e. The first-order valence-corrected chi connectivity index (χ1v) is 6.13. The SMILES string of the molecule is CC(C)CCNC(=O)C1CC2C=CC1C2. The second kappa shape index (κ2) is 4.38. The van der Waals surface area contributed by atoms with Gasteiger partial charge in [-0.1, -0.05) is 26.0 Å². The molecule has 0 saturated heterocycles. The number of hydrogen-bond donors (Lipinski definition) is 1. The van der Waals surface area contributed by atoms with E-state index >= 15 is 0 Å². The van der Waals surface area contributed by atoms with Crippen molar-refractivity contribution in [3.05, 3.63) is 12.2 Å². The molecule has 2 aliphatic carbocycles. The van der Waals surface area contributed by atoms with E-state index < -0.39 is 0 Å². The third-order valence-electron chi connectivity index (χ3n) is 3.64. The van der Waals surface area contributed by atoms with E-state index in [4.69, 9.17) is 0 Å². The van der Waals surface area contributed by atoms with Crippen molar-refractivity contribution in [3.8, 4) is 0 Å². The van der Waals surface area contributed by atoms with Crippen molar-refractivity contribution in [2.45, 2.75) is 33.1 Å². The molecule has 1 N–H and O–H groups in total. The van der Waals surface area contributed by atoms with Crippen molar-refractivity contribution in [1.82, 2.24) is 5.32 Å². The highest BCUT2D eigenvalue weighted by molar-refractivity contribution is 5.79. The number of nitrogens with one attached hydrogen (secondary N) is 1. The molecule has 84 valence electrons. The lowest BCUT2D eigenvalue weighted by atomic mass is 9.93. The average Bonchev–Trinajstić information content (AvgIpc) is 2.77. The van der Waals surface area contributed by atoms with Crippen LogP contribution in [0.3, 0.4) is 0 Å². The van der Waals surface area contributed by atoms with Crippen molar-refractivity contribution in [3.63, 3.8) is 0 Å². The fraction of sp³-hybridized carbons (Fsp3) is 0.769. The van der Waals surface area contributed by atoms with Gasteiger partial charge < -0.3 is 5.32 Å². The van der Waals surface area contributed by atoms with Crippen molar-refractivity contribution in [2.24, 2.45) is 23.7 Å². The van der Waals surface area contributed by atoms with Crippen LogP contribution in [0.1, 0.15) is 33.1 Å². The van der Waals surface area contributed by atoms with Crippen LogP contribution in [-0.2, 0) is 4.79 Å². The summed E-state index contributed by atoms with van der Waals surface area (Å²) in [5.74, 6) is 2.45. The lowest BCUT2D eigenvalue weighted by Gasteiger charge is -2.17. The lowest BCUT2D eigenvalue weighted by molar-refractivity contribution is -0.125. The molecule has 0 aliphatic heterocycles. The van der Waals surface area contributed by atoms with Gasteiger partial charge in [-0.15, -0.1) is 0 Å². The van der Waals surface area contributed by atoms with E-state index in [1.807, 2.05) is 0 Å². The molecule has 2 aliphatic rings. The molecule has 2 bridgehead atoms. The predicted octanol–water partition coefficient (Wildman–Crippen LogP) is 2.36. The van der Waals surface area contributed by atoms with Crippen LogP contribution >= 0.6 is 0 Å². The zero-order valence-corrected chi connectivity index (χ0v) is 9.70. The summed E-state index contributed by atoms with van der Waals surface area (Å²) in [5, 5.41) is 3.07. The van der Waals surface area contributed by atoms with Crippen LogP contribution < -0.4 is 5.32 Å². The Balaban J connectivity index is 1.75. The number of amides is 1. The number of carbonyl (C=O) groups is 1. The normalized spacial score (nSPS) is 32.6. The monoisotopic (exact) mass is 207 g/mol. The molecule has 0 heterocycles. The van der Waals surface area contributed by atoms with Gasteiger partial charge in [-0.3, -0.25) is 4.79 Å². The van der Waals surface area contributed by atoms with E-state index in [0.29, 0.717) is 17.8 Å². The van der Waals surface area contributed by atoms with E-state index in [9.17, 15) is 4.79 Å². The van der Waals surface area contributed by atoms with Crippen molar-refractivity contribution < 1.29 is 4.79 Å². The van der Waals surface area contributed by atoms with Gasteiger partial charge in [0.2, 0.25) is 5.91 Å². The average molecular weight is 207 g/mol. The molecule has 2 rings (SSSR count). The van der Waals surface area contributed by atoms with E-state index in [1.165, 1.54) is 6.42 Å². The molecule has 2 nitrogen and oxygen atoms in total. The minimum atomic E-state index is 0.271. The van der Waals surface area contributed by atoms with Crippen LogP contribution in [0, 0.1) is 23.7 Å². The highest BCUT2D eigenvalue weighted by Gasteiger charge is 2.39. The van der Waals surface area contributed by atoms with Gasteiger partial charge >= 0.3 is 0 Å². The maximum atomic E-state index is 11.9. The molecule has 2 heteroatoms. The Morgan fingerprint density at radius 1 is 1.40 bits per heavy atom. The summed E-state index contributed by atoms with van der Waals surface area (Å²) in [6.07, 6.45) is 7.89. The number of fused-ring (bicyclic) bond motifs is 2. The molecule has 0 aromatic rings. The van der Waals surface area contributed by atoms with Gasteiger partial charge in [0, 0.05) is 12.5 Å². The van der Waals surface area contributed by atoms with Gasteiger partial charge in [-0.25, -0.2) is 0 Å². The van der Waals surface area contributed by atoms with Gasteiger partial charge in [-0.05, 0) is 37.0 Å². The number of rotatable bonds is 4. The van der Waals surface area contributed by atoms with Crippen LogP contribution in [-0.4, -0.2) is 12.5 Å². The topological polar surface area (TPSA) is 29.1 Å². The molecule has 0 aromatic heterocycles. The van der Waals surface area contributed by atoms with Crippen LogP contribution in [0.15, 0.2) is 12.2 Å². The molecule has 0 aromatic carbocycles. The van der Waals surface area contributed by atoms with Crippen molar-refractivity contribution in [1.29, 1.82) is 0 Å². The van der Waals surface area contributed by atoms with Crippen LogP contribution in [0.25, 0.3) is 0 Å². The highest BCUT2D eigenvalue weighted by Crippen LogP contribution is 2.43. The second-order valence-corrected chi connectivity index (χ2v) is 5.36. The van der Waals surface area contributed by atoms with Gasteiger partial charge in [0.05, 0.1) is 0 Å². The summed E-state index contributed by atoms with van der Waals surface area (Å²) < 4.78 is 0. The van der Waals surface area contributed by atoms with Crippen molar-refractivity contribution >= 4 is 5.91 Å². The fourth-order valence-electron chi connectivity index (χ4n) is 2.70. The Hall–Kier alpha value is -0.790. The predicted molar refractivity (Wildman–Crippen MR) is 61.3 cm³/mol. The van der Waals surface area contributed by atoms with Crippen molar-refractivity contribution in [2.75, 3.05) is 6.54 Å². The van der Waals surface area contributed by atoms with E-state index in [-0.39, 0.29) is 11.8 Å². The van der Waals surface area contributed by atoms with Crippen LogP contribution in [0.5, 0.6) is 0 Å². The first kappa shape index (κ1) is 10.7. The molecule has 15 heavy (non-hydrogen) atoms. The molecule has 0 spiro atoms. The molecule has 1 fully saturated rings. The molecule has 1 saturated carbocycles. The maximum absolute atomic E-state index is 11.9. The zero-order chi connectivity index (χ0) is 10.8. The first-order chi connectivity index (χ1) is 7.16. The Kier molecular flexibility index (Phi) is 3.13. The fourth-order valence-corrected chi connectivity index (χ4v) is 2.70. The van der Waals surface area contributed by atoms with Crippen LogP contribution in [0.2, 0.25) is 0 Å². The van der Waals surface area contributed by atoms with E-state index in [0.717, 1.165) is 19.4 Å². The summed E-state index contributed by atoms with van der Waals surface area (Å²) in [5.41, 5.74) is 0. The van der Waals surface area contributed by atoms with Gasteiger partial charge in [0.1, 0.15) is 0 Å². The molecule has 1 amide bonds. The second-order valence-electron chi connectivity index (χ2n) is 5.36. The number of carbonyl (C=O) groups excluding carboxylic acids is 1. The van der Waals surface area contributed by atoms with E-state index in [2.05, 4.69) is 31.3 Å². The van der Waals surface area contributed by atoms with Gasteiger partial charge in [-0.2, -0.15) is 0 Å². The molecule has 3 atom stereocenters. The number of allylic oxidation sites excluding steroid dienone is 2. The third-order valence-corrected chi connectivity index (χ3v) is 3.64. The van der Waals surface area contributed by atoms with E-state index in [1.54, 1.807) is 0 Å². The minimum absolute atomic E-state index is 0.271. The third kappa shape index (κ3) is 2.42. The van der Waals surface area contributed by atoms with Crippen LogP contribution in [0.4, 0.5) is 0 Å². The summed E-state index contributed by atoms with van der Waals surface area (Å²) in [7, 11) is 0. The summed E-state index contributed by atoms with van der Waals surface area (Å²) in [6, 6.07) is 0. The Morgan fingerprint density at radius 3 is 2.73 bits per heavy atom. The minimum Gasteiger partial charge on any atom is -0.356 e. The quantitative estimate of drug-likeness (QED) is 0.704. The Bertz CT molecular complexity index is 270. The summed E-state index contributed by atoms with van der Waals surface area (Å²) in [4.78, 5) is 11.9. The molecule has 3 unspecified atom stereocenters. The molecular weight excluding hydrogens is 186 g/mol. The molecule has 0 radical (unpaired) electrons. The lowest BCUT2D eigenvalue weighted by Crippen LogP contribution is -2.33. The summed E-state index contributed by atoms with van der Waals surface area (Å²) >= 11 is 0. The summed E-state index contributed by atoms with van der Waals surface area (Å²) in [6.45, 7) is 5.22. The standard InChI is InChI=1S/C13H21NO/c1-9(2)5-6-14-13(15)12-8-10-3-4-11(12)7-10/h3-4,9-12H,5-8H2,1-2H3,(H,14,15). The highest BCUT2D eigenvalue weighted by atomic mass is 16.1. The zero-order valence-electron chi connectivity index (χ0n) is 9.70. The smallest absolute Gasteiger partial charge is 0.223 e. The Labute approximate surface area is 92.1 Å². The number of hydrogen-bond acceptors (Lipinski definition) is 1. The van der Waals surface area contributed by atoms with Gasteiger partial charge in [0.15, 0.2) is 0 Å².